The second kappa shape index (κ2) is 15.8. The van der Waals surface area contributed by atoms with Crippen molar-refractivity contribution in [3.05, 3.63) is 203 Å². The zero-order valence-corrected chi connectivity index (χ0v) is 33.5. The minimum Gasteiger partial charge on any atom is -0.311 e. The first-order valence-electron chi connectivity index (χ1n) is 18.2. The summed E-state index contributed by atoms with van der Waals surface area (Å²) in [4.78, 5) is 0.789. The molecule has 0 bridgehead atoms. The van der Waals surface area contributed by atoms with Crippen molar-refractivity contribution >= 4 is 60.0 Å². The minimum absolute atomic E-state index is 0.0493. The molecule has 10 heteroatoms. The van der Waals surface area contributed by atoms with E-state index in [1.165, 1.54) is 6.07 Å². The van der Waals surface area contributed by atoms with Crippen LogP contribution in [0.5, 0.6) is 0 Å². The quantitative estimate of drug-likeness (QED) is 0.111. The van der Waals surface area contributed by atoms with Gasteiger partial charge in [0.05, 0.1) is 4.90 Å². The van der Waals surface area contributed by atoms with Gasteiger partial charge < -0.3 is 4.90 Å². The van der Waals surface area contributed by atoms with Gasteiger partial charge in [-0.1, -0.05) is 89.0 Å². The summed E-state index contributed by atoms with van der Waals surface area (Å²) in [5, 5.41) is 0. The van der Waals surface area contributed by atoms with Crippen molar-refractivity contribution in [3.8, 4) is 0 Å². The van der Waals surface area contributed by atoms with Crippen molar-refractivity contribution < 1.29 is 25.9 Å². The Labute approximate surface area is 334 Å². The van der Waals surface area contributed by atoms with Gasteiger partial charge in [0.25, 0.3) is 20.2 Å². The van der Waals surface area contributed by atoms with Crippen molar-refractivity contribution in [2.75, 3.05) is 4.90 Å². The zero-order chi connectivity index (χ0) is 40.5. The lowest BCUT2D eigenvalue weighted by atomic mass is 9.90. The van der Waals surface area contributed by atoms with Crippen molar-refractivity contribution in [1.82, 2.24) is 4.58 Å². The molecule has 0 aromatic heterocycles. The first kappa shape index (κ1) is 39.1. The molecule has 1 aliphatic rings. The summed E-state index contributed by atoms with van der Waals surface area (Å²) in [7, 11) is -9.79. The monoisotopic (exact) mass is 793 g/mol. The van der Waals surface area contributed by atoms with Crippen LogP contribution in [0, 0.1) is 27.7 Å². The van der Waals surface area contributed by atoms with Crippen molar-refractivity contribution in [2.45, 2.75) is 37.5 Å². The lowest BCUT2D eigenvalue weighted by molar-refractivity contribution is 0.481. The van der Waals surface area contributed by atoms with Crippen LogP contribution in [0.4, 0.5) is 28.4 Å². The van der Waals surface area contributed by atoms with Gasteiger partial charge in [0.15, 0.2) is 0 Å². The highest BCUT2D eigenvalue weighted by Crippen LogP contribution is 2.39. The van der Waals surface area contributed by atoms with Gasteiger partial charge in [0.2, 0.25) is 17.1 Å². The maximum atomic E-state index is 13.0. The molecule has 0 atom stereocenters. The molecule has 7 rings (SSSR count). The second-order valence-electron chi connectivity index (χ2n) is 14.1. The zero-order valence-electron chi connectivity index (χ0n) is 31.8. The molecule has 0 aliphatic heterocycles. The highest BCUT2D eigenvalue weighted by atomic mass is 32.2. The minimum atomic E-state index is -4.99. The van der Waals surface area contributed by atoms with Crippen LogP contribution in [-0.2, 0) is 20.2 Å². The fourth-order valence-electron chi connectivity index (χ4n) is 6.78. The molecule has 0 unspecified atom stereocenters. The van der Waals surface area contributed by atoms with E-state index in [2.05, 4.69) is 9.48 Å². The first-order chi connectivity index (χ1) is 27.2. The molecule has 1 aliphatic carbocycles. The van der Waals surface area contributed by atoms with Crippen LogP contribution in [-0.4, -0.2) is 31.7 Å². The molecule has 2 N–H and O–H groups in total. The van der Waals surface area contributed by atoms with E-state index in [9.17, 15) is 25.9 Å². The van der Waals surface area contributed by atoms with Gasteiger partial charge in [-0.25, -0.2) is 0 Å². The van der Waals surface area contributed by atoms with E-state index >= 15 is 0 Å². The van der Waals surface area contributed by atoms with E-state index in [0.29, 0.717) is 16.7 Å². The Morgan fingerprint density at radius 1 is 0.491 bits per heavy atom. The Morgan fingerprint density at radius 3 is 1.30 bits per heavy atom. The maximum absolute atomic E-state index is 13.0. The molecule has 286 valence electrons. The smallest absolute Gasteiger partial charge is 0.295 e. The number of nitrogens with zero attached hydrogens (tertiary/aromatic N) is 2. The predicted octanol–water partition coefficient (Wildman–Crippen LogP) is 10.8. The summed E-state index contributed by atoms with van der Waals surface area (Å²) in [6.07, 6.45) is 7.59. The Kier molecular flexibility index (Phi) is 10.8. The number of rotatable bonds is 9. The second-order valence-corrected chi connectivity index (χ2v) is 16.9. The summed E-state index contributed by atoms with van der Waals surface area (Å²) in [5.74, 6) is 0. The van der Waals surface area contributed by atoms with Crippen LogP contribution >= 0.6 is 0 Å². The van der Waals surface area contributed by atoms with Crippen LogP contribution in [0.1, 0.15) is 33.4 Å². The van der Waals surface area contributed by atoms with E-state index in [-0.39, 0.29) is 5.56 Å². The van der Waals surface area contributed by atoms with E-state index in [1.54, 1.807) is 0 Å². The Hall–Kier alpha value is -6.17. The molecular weight excluding hydrogens is 753 g/mol. The van der Waals surface area contributed by atoms with Crippen LogP contribution < -0.4 is 9.48 Å². The van der Waals surface area contributed by atoms with Crippen LogP contribution in [0.2, 0.25) is 0 Å². The van der Waals surface area contributed by atoms with Gasteiger partial charge in [-0.05, 0) is 105 Å². The fraction of sp³-hybridized carbons (Fsp3) is 0.0851. The third kappa shape index (κ3) is 8.65. The van der Waals surface area contributed by atoms with E-state index in [4.69, 9.17) is 0 Å². The number of anilines is 3. The van der Waals surface area contributed by atoms with Gasteiger partial charge in [-0.3, -0.25) is 9.11 Å². The lowest BCUT2D eigenvalue weighted by Crippen LogP contribution is -2.15. The number of hydrogen-bond donors (Lipinski definition) is 2. The Balaban J connectivity index is 1.43. The molecule has 0 saturated carbocycles. The number of allylic oxidation sites excluding steroid dienone is 5. The molecule has 0 spiro atoms. The molecule has 6 aromatic rings. The molecular formula is C47H41N2O6S2+. The van der Waals surface area contributed by atoms with Crippen LogP contribution in [0.25, 0.3) is 5.57 Å². The van der Waals surface area contributed by atoms with Gasteiger partial charge in [0, 0.05) is 59.0 Å². The van der Waals surface area contributed by atoms with Gasteiger partial charge in [-0.15, -0.1) is 0 Å². The molecule has 0 amide bonds. The normalized spacial score (nSPS) is 12.8. The average Bonchev–Trinajstić information content (AvgIpc) is 3.18. The Bertz CT molecular complexity index is 2710. The third-order valence-electron chi connectivity index (χ3n) is 9.80. The standard InChI is InChI=1S/C47H40N2O6S2/c1-32-5-17-38(18-6-32)48(39-19-7-33(2)8-20-39)42-25-13-36(14-26-42)47(45-30-29-44(56(50,51)52)31-46(45)57(53,54)55)37-15-27-43(28-16-37)49(40-21-9-34(3)10-22-40)41-23-11-35(4)12-24-41/h5-31H,1-4H3,(H-,50,51,52,53,54,55)/p+1. The summed E-state index contributed by atoms with van der Waals surface area (Å²) in [5.41, 5.74) is 11.6. The largest absolute Gasteiger partial charge is 0.311 e. The highest BCUT2D eigenvalue weighted by molar-refractivity contribution is 7.86. The number of benzene rings is 6. The molecule has 0 saturated heterocycles. The molecule has 6 aromatic carbocycles. The SMILES string of the molecule is Cc1ccc(N(c2ccc(C)cc2)c2ccc(C(=C3C=CC(=[N+](c4ccc(C)cc4)c4ccc(C)cc4)C=C3)c3ccc(S(=O)(=O)O)cc3S(=O)(=O)O)cc2)cc1. The summed E-state index contributed by atoms with van der Waals surface area (Å²) in [6, 6.07) is 43.6. The van der Waals surface area contributed by atoms with Crippen molar-refractivity contribution in [2.24, 2.45) is 0 Å². The molecule has 0 fully saturated rings. The van der Waals surface area contributed by atoms with Crippen molar-refractivity contribution in [3.63, 3.8) is 0 Å². The van der Waals surface area contributed by atoms with Crippen LogP contribution in [0.15, 0.2) is 179 Å². The molecule has 0 heterocycles. The summed E-state index contributed by atoms with van der Waals surface area (Å²) < 4.78 is 72.6. The molecule has 57 heavy (non-hydrogen) atoms. The van der Waals surface area contributed by atoms with E-state index in [0.717, 1.165) is 68.5 Å². The maximum Gasteiger partial charge on any atom is 0.295 e. The topological polar surface area (TPSA) is 115 Å². The highest BCUT2D eigenvalue weighted by Gasteiger charge is 2.26. The third-order valence-corrected chi connectivity index (χ3v) is 11.5. The van der Waals surface area contributed by atoms with Gasteiger partial charge >= 0.3 is 0 Å². The van der Waals surface area contributed by atoms with Crippen LogP contribution in [0.3, 0.4) is 0 Å². The van der Waals surface area contributed by atoms with E-state index < -0.39 is 30.0 Å². The summed E-state index contributed by atoms with van der Waals surface area (Å²) in [6.45, 7) is 8.13. The fourth-order valence-corrected chi connectivity index (χ4v) is 8.09. The van der Waals surface area contributed by atoms with Crippen molar-refractivity contribution in [1.29, 1.82) is 0 Å². The summed E-state index contributed by atoms with van der Waals surface area (Å²) >= 11 is 0. The first-order valence-corrected chi connectivity index (χ1v) is 21.1. The predicted molar refractivity (Wildman–Crippen MR) is 230 cm³/mol. The van der Waals surface area contributed by atoms with Gasteiger partial charge in [0.1, 0.15) is 4.90 Å². The van der Waals surface area contributed by atoms with E-state index in [1.807, 2.05) is 173 Å². The number of hydrogen-bond acceptors (Lipinski definition) is 5. The Morgan fingerprint density at radius 2 is 0.895 bits per heavy atom. The molecule has 8 nitrogen and oxygen atoms in total. The lowest BCUT2D eigenvalue weighted by Gasteiger charge is -2.26. The number of aryl methyl sites for hydroxylation is 4. The van der Waals surface area contributed by atoms with Gasteiger partial charge in [-0.2, -0.15) is 21.4 Å². The molecule has 0 radical (unpaired) electrons. The average molecular weight is 794 g/mol.